The second kappa shape index (κ2) is 3.95. The van der Waals surface area contributed by atoms with Gasteiger partial charge in [0.1, 0.15) is 0 Å². The van der Waals surface area contributed by atoms with E-state index in [4.69, 9.17) is 10.5 Å². The zero-order valence-corrected chi connectivity index (χ0v) is 8.29. The van der Waals surface area contributed by atoms with Crippen LogP contribution >= 0.6 is 0 Å². The molecule has 15 heavy (non-hydrogen) atoms. The highest BCUT2D eigenvalue weighted by molar-refractivity contribution is 5.31. The van der Waals surface area contributed by atoms with Gasteiger partial charge < -0.3 is 10.5 Å². The van der Waals surface area contributed by atoms with Crippen LogP contribution in [0.4, 0.5) is 5.95 Å². The third-order valence-electron chi connectivity index (χ3n) is 1.75. The van der Waals surface area contributed by atoms with Gasteiger partial charge >= 0.3 is 6.01 Å². The molecule has 0 saturated carbocycles. The quantitative estimate of drug-likeness (QED) is 0.795. The van der Waals surface area contributed by atoms with Gasteiger partial charge in [-0.05, 0) is 19.1 Å². The van der Waals surface area contributed by atoms with Crippen molar-refractivity contribution in [1.82, 2.24) is 19.7 Å². The maximum atomic E-state index is 5.67. The number of hydrogen-bond donors (Lipinski definition) is 1. The van der Waals surface area contributed by atoms with E-state index in [1.807, 2.05) is 19.1 Å². The van der Waals surface area contributed by atoms with Crippen molar-refractivity contribution in [3.8, 4) is 11.8 Å². The minimum Gasteiger partial charge on any atom is -0.463 e. The van der Waals surface area contributed by atoms with E-state index in [0.717, 1.165) is 0 Å². The molecule has 78 valence electrons. The Balaban J connectivity index is 2.36. The second-order valence-corrected chi connectivity index (χ2v) is 2.79. The van der Waals surface area contributed by atoms with Crippen molar-refractivity contribution in [2.45, 2.75) is 6.92 Å². The van der Waals surface area contributed by atoms with Gasteiger partial charge in [-0.15, -0.1) is 5.10 Å². The number of nitrogens with zero attached hydrogens (tertiary/aromatic N) is 4. The summed E-state index contributed by atoms with van der Waals surface area (Å²) in [7, 11) is 0. The fraction of sp³-hybridized carbons (Fsp3) is 0.222. The molecule has 0 radical (unpaired) electrons. The Kier molecular flexibility index (Phi) is 2.49. The number of aromatic nitrogens is 4. The number of ether oxygens (including phenoxy) is 1. The molecule has 6 heteroatoms. The Morgan fingerprint density at radius 2 is 2.33 bits per heavy atom. The Morgan fingerprint density at radius 1 is 1.47 bits per heavy atom. The van der Waals surface area contributed by atoms with Crippen molar-refractivity contribution in [3.05, 3.63) is 24.4 Å². The SMILES string of the molecule is CCOc1nc(N)n(-c2ccccn2)n1. The third kappa shape index (κ3) is 1.88. The fourth-order valence-corrected chi connectivity index (χ4v) is 1.14. The molecule has 2 N–H and O–H groups in total. The summed E-state index contributed by atoms with van der Waals surface area (Å²) in [5, 5.41) is 4.07. The van der Waals surface area contributed by atoms with E-state index >= 15 is 0 Å². The molecule has 0 aromatic carbocycles. The summed E-state index contributed by atoms with van der Waals surface area (Å²) < 4.78 is 6.57. The second-order valence-electron chi connectivity index (χ2n) is 2.79. The molecule has 0 amide bonds. The number of nitrogens with two attached hydrogens (primary N) is 1. The van der Waals surface area contributed by atoms with Crippen molar-refractivity contribution < 1.29 is 4.74 Å². The summed E-state index contributed by atoms with van der Waals surface area (Å²) in [6, 6.07) is 5.73. The third-order valence-corrected chi connectivity index (χ3v) is 1.75. The molecule has 0 saturated heterocycles. The van der Waals surface area contributed by atoms with E-state index < -0.39 is 0 Å². The number of nitrogen functional groups attached to an aromatic ring is 1. The maximum absolute atomic E-state index is 5.67. The molecule has 0 fully saturated rings. The van der Waals surface area contributed by atoms with E-state index in [0.29, 0.717) is 12.4 Å². The van der Waals surface area contributed by atoms with E-state index in [2.05, 4.69) is 15.1 Å². The van der Waals surface area contributed by atoms with Crippen LogP contribution in [0.5, 0.6) is 6.01 Å². The zero-order valence-electron chi connectivity index (χ0n) is 8.29. The minimum absolute atomic E-state index is 0.261. The Bertz CT molecular complexity index is 439. The van der Waals surface area contributed by atoms with Gasteiger partial charge in [-0.1, -0.05) is 6.07 Å². The summed E-state index contributed by atoms with van der Waals surface area (Å²) in [4.78, 5) is 8.05. The van der Waals surface area contributed by atoms with Crippen LogP contribution in [0.15, 0.2) is 24.4 Å². The first-order chi connectivity index (χ1) is 7.31. The molecule has 2 heterocycles. The van der Waals surface area contributed by atoms with Crippen molar-refractivity contribution >= 4 is 5.95 Å². The Morgan fingerprint density at radius 3 is 3.00 bits per heavy atom. The van der Waals surface area contributed by atoms with Crippen molar-refractivity contribution in [3.63, 3.8) is 0 Å². The lowest BCUT2D eigenvalue weighted by molar-refractivity contribution is 0.312. The molecule has 0 atom stereocenters. The summed E-state index contributed by atoms with van der Waals surface area (Å²) in [5.74, 6) is 0.880. The predicted octanol–water partition coefficient (Wildman–Crippen LogP) is 0.643. The average molecular weight is 205 g/mol. The van der Waals surface area contributed by atoms with Crippen LogP contribution in [0.2, 0.25) is 0 Å². The molecule has 0 bridgehead atoms. The van der Waals surface area contributed by atoms with Crippen LogP contribution in [0.25, 0.3) is 5.82 Å². The number of hydrogen-bond acceptors (Lipinski definition) is 5. The normalized spacial score (nSPS) is 10.2. The van der Waals surface area contributed by atoms with Gasteiger partial charge in [0, 0.05) is 6.20 Å². The number of anilines is 1. The van der Waals surface area contributed by atoms with Crippen molar-refractivity contribution in [1.29, 1.82) is 0 Å². The molecule has 6 nitrogen and oxygen atoms in total. The molecular formula is C9H11N5O. The lowest BCUT2D eigenvalue weighted by atomic mass is 10.5. The van der Waals surface area contributed by atoms with Crippen LogP contribution in [0.3, 0.4) is 0 Å². The van der Waals surface area contributed by atoms with Crippen molar-refractivity contribution in [2.24, 2.45) is 0 Å². The smallest absolute Gasteiger partial charge is 0.337 e. The van der Waals surface area contributed by atoms with E-state index in [-0.39, 0.29) is 12.0 Å². The number of pyridine rings is 1. The van der Waals surface area contributed by atoms with Gasteiger partial charge in [0.15, 0.2) is 5.82 Å². The van der Waals surface area contributed by atoms with Crippen molar-refractivity contribution in [2.75, 3.05) is 12.3 Å². The molecule has 2 aromatic heterocycles. The molecule has 0 aliphatic carbocycles. The maximum Gasteiger partial charge on any atom is 0.337 e. The fourth-order valence-electron chi connectivity index (χ4n) is 1.14. The molecule has 0 spiro atoms. The first kappa shape index (κ1) is 9.45. The zero-order chi connectivity index (χ0) is 10.7. The first-order valence-corrected chi connectivity index (χ1v) is 4.58. The van der Waals surface area contributed by atoms with E-state index in [9.17, 15) is 0 Å². The van der Waals surface area contributed by atoms with Crippen LogP contribution in [0.1, 0.15) is 6.92 Å². The van der Waals surface area contributed by atoms with Gasteiger partial charge in [-0.25, -0.2) is 4.98 Å². The average Bonchev–Trinajstić information content (AvgIpc) is 2.61. The van der Waals surface area contributed by atoms with Gasteiger partial charge in [0.2, 0.25) is 5.95 Å². The summed E-state index contributed by atoms with van der Waals surface area (Å²) in [5.41, 5.74) is 5.67. The Labute approximate surface area is 86.7 Å². The molecule has 2 aromatic rings. The molecule has 2 rings (SSSR count). The monoisotopic (exact) mass is 205 g/mol. The first-order valence-electron chi connectivity index (χ1n) is 4.58. The highest BCUT2D eigenvalue weighted by atomic mass is 16.5. The van der Waals surface area contributed by atoms with Crippen LogP contribution in [-0.2, 0) is 0 Å². The van der Waals surface area contributed by atoms with Gasteiger partial charge in [0.25, 0.3) is 0 Å². The molecule has 0 unspecified atom stereocenters. The topological polar surface area (TPSA) is 78.9 Å². The summed E-state index contributed by atoms with van der Waals surface area (Å²) in [6.45, 7) is 2.36. The van der Waals surface area contributed by atoms with Crippen LogP contribution in [0, 0.1) is 0 Å². The van der Waals surface area contributed by atoms with Gasteiger partial charge in [-0.2, -0.15) is 9.67 Å². The number of rotatable bonds is 3. The van der Waals surface area contributed by atoms with Gasteiger partial charge in [0.05, 0.1) is 6.61 Å². The highest BCUT2D eigenvalue weighted by Crippen LogP contribution is 2.12. The highest BCUT2D eigenvalue weighted by Gasteiger charge is 2.09. The lowest BCUT2D eigenvalue weighted by Crippen LogP contribution is -2.03. The largest absolute Gasteiger partial charge is 0.463 e. The molecular weight excluding hydrogens is 194 g/mol. The minimum atomic E-state index is 0.261. The predicted molar refractivity (Wildman–Crippen MR) is 54.7 cm³/mol. The van der Waals surface area contributed by atoms with Crippen LogP contribution < -0.4 is 10.5 Å². The van der Waals surface area contributed by atoms with Crippen LogP contribution in [-0.4, -0.2) is 26.4 Å². The summed E-state index contributed by atoms with van der Waals surface area (Å²) in [6.07, 6.45) is 1.66. The standard InChI is InChI=1S/C9H11N5O/c1-2-15-9-12-8(10)14(13-9)7-5-3-4-6-11-7/h3-6H,2H2,1H3,(H2,10,12,13). The molecule has 0 aliphatic rings. The summed E-state index contributed by atoms with van der Waals surface area (Å²) >= 11 is 0. The lowest BCUT2D eigenvalue weighted by Gasteiger charge is -1.98. The molecule has 0 aliphatic heterocycles. The van der Waals surface area contributed by atoms with E-state index in [1.165, 1.54) is 4.68 Å². The van der Waals surface area contributed by atoms with E-state index in [1.54, 1.807) is 12.3 Å². The Hall–Kier alpha value is -2.11. The van der Waals surface area contributed by atoms with Gasteiger partial charge in [-0.3, -0.25) is 0 Å².